The molecule has 0 aliphatic heterocycles. The van der Waals surface area contributed by atoms with Gasteiger partial charge in [-0.3, -0.25) is 4.79 Å². The molecule has 1 aromatic rings. The molecule has 1 amide bonds. The number of carbonyl (C=O) groups excluding carboxylic acids is 1. The Kier molecular flexibility index (Phi) is 6.07. The van der Waals surface area contributed by atoms with Crippen molar-refractivity contribution in [2.45, 2.75) is 32.1 Å². The van der Waals surface area contributed by atoms with Gasteiger partial charge in [0.05, 0.1) is 5.75 Å². The largest absolute Gasteiger partial charge is 0.480 e. The van der Waals surface area contributed by atoms with E-state index in [0.29, 0.717) is 12.0 Å². The van der Waals surface area contributed by atoms with Gasteiger partial charge in [0, 0.05) is 5.56 Å². The molecule has 7 nitrogen and oxygen atoms in total. The van der Waals surface area contributed by atoms with Gasteiger partial charge in [0.25, 0.3) is 5.91 Å². The average Bonchev–Trinajstić information content (AvgIpc) is 2.42. The normalized spacial score (nSPS) is 14.1. The van der Waals surface area contributed by atoms with Crippen molar-refractivity contribution in [1.29, 1.82) is 0 Å². The van der Waals surface area contributed by atoms with E-state index in [9.17, 15) is 18.0 Å². The number of carbonyl (C=O) groups is 2. The highest BCUT2D eigenvalue weighted by atomic mass is 32.2. The quantitative estimate of drug-likeness (QED) is 0.679. The van der Waals surface area contributed by atoms with Gasteiger partial charge in [-0.1, -0.05) is 32.4 Å². The molecule has 0 aliphatic carbocycles. The van der Waals surface area contributed by atoms with Crippen LogP contribution in [0.25, 0.3) is 0 Å². The summed E-state index contributed by atoms with van der Waals surface area (Å²) in [7, 11) is -3.63. The first-order valence-electron chi connectivity index (χ1n) is 6.77. The number of nitrogens with two attached hydrogens (primary N) is 1. The smallest absolute Gasteiger partial charge is 0.326 e. The molecular weight excluding hydrogens is 308 g/mol. The molecule has 0 unspecified atom stereocenters. The van der Waals surface area contributed by atoms with Crippen LogP contribution >= 0.6 is 0 Å². The first kappa shape index (κ1) is 18.1. The van der Waals surface area contributed by atoms with Crippen LogP contribution in [0.4, 0.5) is 0 Å². The van der Waals surface area contributed by atoms with Gasteiger partial charge in [-0.25, -0.2) is 18.4 Å². The second-order valence-electron chi connectivity index (χ2n) is 5.18. The van der Waals surface area contributed by atoms with Gasteiger partial charge >= 0.3 is 5.97 Å². The third-order valence-corrected chi connectivity index (χ3v) is 4.09. The maximum Gasteiger partial charge on any atom is 0.326 e. The van der Waals surface area contributed by atoms with Crippen LogP contribution in [0.5, 0.6) is 0 Å². The number of hydrogen-bond donors (Lipinski definition) is 3. The molecule has 0 saturated carbocycles. The monoisotopic (exact) mass is 328 g/mol. The van der Waals surface area contributed by atoms with Crippen molar-refractivity contribution in [1.82, 2.24) is 5.32 Å². The van der Waals surface area contributed by atoms with Crippen LogP contribution in [0.1, 0.15) is 36.2 Å². The summed E-state index contributed by atoms with van der Waals surface area (Å²) in [6, 6.07) is 4.84. The van der Waals surface area contributed by atoms with Crippen LogP contribution < -0.4 is 10.5 Å². The minimum Gasteiger partial charge on any atom is -0.480 e. The summed E-state index contributed by atoms with van der Waals surface area (Å²) in [5, 5.41) is 16.6. The second kappa shape index (κ2) is 7.37. The lowest BCUT2D eigenvalue weighted by Gasteiger charge is -2.20. The minimum atomic E-state index is -3.63. The lowest BCUT2D eigenvalue weighted by Crippen LogP contribution is -2.45. The highest BCUT2D eigenvalue weighted by Crippen LogP contribution is 2.11. The number of primary sulfonamides is 1. The van der Waals surface area contributed by atoms with E-state index >= 15 is 0 Å². The molecule has 0 radical (unpaired) electrons. The Labute approximate surface area is 129 Å². The standard InChI is InChI=1S/C14H20N2O5S/c1-3-9(2)12(14(18)19)16-13(17)11-6-4-10(5-7-11)8-22(15,20)21/h4-7,9,12H,3,8H2,1-2H3,(H,16,17)(H,18,19)(H2,15,20,21)/t9-,12-/m0/s1. The lowest BCUT2D eigenvalue weighted by molar-refractivity contribution is -0.140. The molecule has 0 spiro atoms. The molecule has 2 atom stereocenters. The fourth-order valence-electron chi connectivity index (χ4n) is 1.89. The number of aliphatic carboxylic acids is 1. The SMILES string of the molecule is CC[C@H](C)[C@H](NC(=O)c1ccc(CS(N)(=O)=O)cc1)C(=O)O. The third kappa shape index (κ3) is 5.45. The first-order valence-corrected chi connectivity index (χ1v) is 8.48. The van der Waals surface area contributed by atoms with Gasteiger partial charge in [-0.2, -0.15) is 0 Å². The van der Waals surface area contributed by atoms with Gasteiger partial charge in [0.1, 0.15) is 6.04 Å². The van der Waals surface area contributed by atoms with Crippen LogP contribution in [0, 0.1) is 5.92 Å². The molecule has 22 heavy (non-hydrogen) atoms. The first-order chi connectivity index (χ1) is 10.1. The molecular formula is C14H20N2O5S. The Morgan fingerprint density at radius 3 is 2.23 bits per heavy atom. The maximum absolute atomic E-state index is 12.1. The van der Waals surface area contributed by atoms with E-state index in [4.69, 9.17) is 10.2 Å². The zero-order valence-corrected chi connectivity index (χ0v) is 13.3. The Balaban J connectivity index is 2.83. The maximum atomic E-state index is 12.1. The zero-order valence-electron chi connectivity index (χ0n) is 12.4. The molecule has 0 aromatic heterocycles. The van der Waals surface area contributed by atoms with E-state index in [1.807, 2.05) is 6.92 Å². The van der Waals surface area contributed by atoms with Crippen molar-refractivity contribution < 1.29 is 23.1 Å². The fraction of sp³-hybridized carbons (Fsp3) is 0.429. The van der Waals surface area contributed by atoms with Crippen LogP contribution in [0.15, 0.2) is 24.3 Å². The Morgan fingerprint density at radius 1 is 1.27 bits per heavy atom. The van der Waals surface area contributed by atoms with Crippen LogP contribution in [0.2, 0.25) is 0 Å². The van der Waals surface area contributed by atoms with Crippen LogP contribution in [-0.2, 0) is 20.6 Å². The van der Waals surface area contributed by atoms with Crippen molar-refractivity contribution >= 4 is 21.9 Å². The van der Waals surface area contributed by atoms with E-state index in [2.05, 4.69) is 5.32 Å². The summed E-state index contributed by atoms with van der Waals surface area (Å²) in [4.78, 5) is 23.2. The molecule has 1 rings (SSSR count). The summed E-state index contributed by atoms with van der Waals surface area (Å²) >= 11 is 0. The van der Waals surface area contributed by atoms with Crippen molar-refractivity contribution in [2.75, 3.05) is 0 Å². The number of nitrogens with one attached hydrogen (secondary N) is 1. The summed E-state index contributed by atoms with van der Waals surface area (Å²) in [5.41, 5.74) is 0.712. The highest BCUT2D eigenvalue weighted by Gasteiger charge is 2.25. The second-order valence-corrected chi connectivity index (χ2v) is 6.79. The number of rotatable bonds is 7. The van der Waals surface area contributed by atoms with Gasteiger partial charge < -0.3 is 10.4 Å². The third-order valence-electron chi connectivity index (χ3n) is 3.35. The Bertz CT molecular complexity index is 640. The lowest BCUT2D eigenvalue weighted by atomic mass is 9.99. The number of carboxylic acid groups (broad SMARTS) is 1. The van der Waals surface area contributed by atoms with Crippen molar-refractivity contribution in [2.24, 2.45) is 11.1 Å². The highest BCUT2D eigenvalue weighted by molar-refractivity contribution is 7.88. The average molecular weight is 328 g/mol. The Morgan fingerprint density at radius 2 is 1.82 bits per heavy atom. The van der Waals surface area contributed by atoms with E-state index in [1.165, 1.54) is 24.3 Å². The molecule has 0 heterocycles. The van der Waals surface area contributed by atoms with Gasteiger partial charge in [0.15, 0.2) is 0 Å². The number of amides is 1. The van der Waals surface area contributed by atoms with Crippen molar-refractivity contribution in [3.63, 3.8) is 0 Å². The summed E-state index contributed by atoms with van der Waals surface area (Å²) in [6.45, 7) is 3.59. The minimum absolute atomic E-state index is 0.205. The van der Waals surface area contributed by atoms with Crippen molar-refractivity contribution in [3.05, 3.63) is 35.4 Å². The van der Waals surface area contributed by atoms with Crippen LogP contribution in [0.3, 0.4) is 0 Å². The molecule has 0 aliphatic rings. The number of carboxylic acids is 1. The van der Waals surface area contributed by atoms with Gasteiger partial charge in [-0.15, -0.1) is 0 Å². The predicted octanol–water partition coefficient (Wildman–Crippen LogP) is 0.704. The molecule has 0 bridgehead atoms. The van der Waals surface area contributed by atoms with E-state index < -0.39 is 27.9 Å². The molecule has 122 valence electrons. The van der Waals surface area contributed by atoms with Crippen LogP contribution in [-0.4, -0.2) is 31.4 Å². The number of benzene rings is 1. The summed E-state index contributed by atoms with van der Waals surface area (Å²) < 4.78 is 22.0. The van der Waals surface area contributed by atoms with Gasteiger partial charge in [-0.05, 0) is 23.6 Å². The van der Waals surface area contributed by atoms with E-state index in [1.54, 1.807) is 6.92 Å². The van der Waals surface area contributed by atoms with Crippen molar-refractivity contribution in [3.8, 4) is 0 Å². The molecule has 8 heteroatoms. The van der Waals surface area contributed by atoms with Gasteiger partial charge in [0.2, 0.25) is 10.0 Å². The Hall–Kier alpha value is -1.93. The zero-order chi connectivity index (χ0) is 16.9. The number of sulfonamides is 1. The fourth-order valence-corrected chi connectivity index (χ4v) is 2.55. The molecule has 4 N–H and O–H groups in total. The topological polar surface area (TPSA) is 127 Å². The molecule has 0 fully saturated rings. The summed E-state index contributed by atoms with van der Waals surface area (Å²) in [5.74, 6) is -2.13. The van der Waals surface area contributed by atoms with E-state index in [-0.39, 0.29) is 17.2 Å². The summed E-state index contributed by atoms with van der Waals surface area (Å²) in [6.07, 6.45) is 0.616. The van der Waals surface area contributed by atoms with E-state index in [0.717, 1.165) is 0 Å². The molecule has 1 aromatic carbocycles. The predicted molar refractivity (Wildman–Crippen MR) is 81.6 cm³/mol. The number of hydrogen-bond acceptors (Lipinski definition) is 4. The molecule has 0 saturated heterocycles.